The zero-order chi connectivity index (χ0) is 13.1. The average Bonchev–Trinajstić information content (AvgIpc) is 2.74. The molecule has 0 radical (unpaired) electrons. The summed E-state index contributed by atoms with van der Waals surface area (Å²) >= 11 is 12.4. The van der Waals surface area contributed by atoms with Gasteiger partial charge < -0.3 is 5.32 Å². The maximum Gasteiger partial charge on any atom is 0.0949 e. The van der Waals surface area contributed by atoms with Crippen LogP contribution in [0.2, 0.25) is 10.0 Å². The predicted octanol–water partition coefficient (Wildman–Crippen LogP) is 2.91. The van der Waals surface area contributed by atoms with E-state index in [4.69, 9.17) is 23.2 Å². The number of rotatable bonds is 4. The molecule has 0 bridgehead atoms. The Balaban J connectivity index is 2.52. The molecule has 0 aromatic carbocycles. The number of hydrogen-bond donors (Lipinski definition) is 1. The molecule has 2 aromatic rings. The molecule has 1 N–H and O–H groups in total. The first-order valence-electron chi connectivity index (χ1n) is 5.67. The van der Waals surface area contributed by atoms with E-state index in [1.807, 2.05) is 24.7 Å². The van der Waals surface area contributed by atoms with Crippen molar-refractivity contribution in [2.75, 3.05) is 7.05 Å². The van der Waals surface area contributed by atoms with Crippen LogP contribution in [0, 0.1) is 0 Å². The van der Waals surface area contributed by atoms with E-state index >= 15 is 0 Å². The van der Waals surface area contributed by atoms with Crippen LogP contribution in [0.4, 0.5) is 0 Å². The largest absolute Gasteiger partial charge is 0.307 e. The summed E-state index contributed by atoms with van der Waals surface area (Å²) < 4.78 is 1.84. The van der Waals surface area contributed by atoms with Gasteiger partial charge in [0.25, 0.3) is 0 Å². The van der Waals surface area contributed by atoms with E-state index < -0.39 is 0 Å². The van der Waals surface area contributed by atoms with Gasteiger partial charge in [0.05, 0.1) is 33.7 Å². The second-order valence-electron chi connectivity index (χ2n) is 3.79. The smallest absolute Gasteiger partial charge is 0.0949 e. The van der Waals surface area contributed by atoms with Gasteiger partial charge in [0.1, 0.15) is 0 Å². The topological polar surface area (TPSA) is 42.7 Å². The highest BCUT2D eigenvalue weighted by Crippen LogP contribution is 2.30. The quantitative estimate of drug-likeness (QED) is 0.939. The van der Waals surface area contributed by atoms with E-state index in [0.29, 0.717) is 10.0 Å². The van der Waals surface area contributed by atoms with Crippen molar-refractivity contribution in [3.63, 3.8) is 0 Å². The molecule has 0 aliphatic rings. The van der Waals surface area contributed by atoms with Gasteiger partial charge in [-0.3, -0.25) is 9.67 Å². The lowest BCUT2D eigenvalue weighted by Gasteiger charge is -2.18. The number of hydrogen-bond acceptors (Lipinski definition) is 3. The van der Waals surface area contributed by atoms with E-state index in [1.54, 1.807) is 18.5 Å². The standard InChI is InChI=1S/C12H14Cl2N4/c1-3-18-12(9(14)7-17-18)11(15-2)10-8(13)5-4-6-16-10/h4-7,11,15H,3H2,1-2H3. The van der Waals surface area contributed by atoms with Gasteiger partial charge in [-0.25, -0.2) is 0 Å². The third-order valence-corrected chi connectivity index (χ3v) is 3.37. The van der Waals surface area contributed by atoms with Crippen molar-refractivity contribution in [2.45, 2.75) is 19.5 Å². The SMILES string of the molecule is CCn1ncc(Cl)c1C(NC)c1ncccc1Cl. The zero-order valence-corrected chi connectivity index (χ0v) is 11.7. The Bertz CT molecular complexity index is 539. The highest BCUT2D eigenvalue weighted by atomic mass is 35.5. The molecular formula is C12H14Cl2N4. The molecule has 2 heterocycles. The molecule has 2 aromatic heterocycles. The van der Waals surface area contributed by atoms with Gasteiger partial charge in [-0.2, -0.15) is 5.10 Å². The number of nitrogens with zero attached hydrogens (tertiary/aromatic N) is 3. The van der Waals surface area contributed by atoms with Gasteiger partial charge in [-0.05, 0) is 26.1 Å². The molecular weight excluding hydrogens is 271 g/mol. The first-order valence-corrected chi connectivity index (χ1v) is 6.43. The molecule has 1 unspecified atom stereocenters. The van der Waals surface area contributed by atoms with Crippen LogP contribution in [0.5, 0.6) is 0 Å². The Hall–Kier alpha value is -1.10. The lowest BCUT2D eigenvalue weighted by Crippen LogP contribution is -2.23. The molecule has 0 amide bonds. The molecule has 18 heavy (non-hydrogen) atoms. The molecule has 4 nitrogen and oxygen atoms in total. The van der Waals surface area contributed by atoms with Crippen molar-refractivity contribution >= 4 is 23.2 Å². The Morgan fingerprint density at radius 3 is 2.78 bits per heavy atom. The highest BCUT2D eigenvalue weighted by Gasteiger charge is 2.23. The number of halogens is 2. The maximum absolute atomic E-state index is 6.21. The van der Waals surface area contributed by atoms with Crippen LogP contribution in [0.1, 0.15) is 24.4 Å². The van der Waals surface area contributed by atoms with Crippen molar-refractivity contribution in [3.05, 3.63) is 46.0 Å². The van der Waals surface area contributed by atoms with Crippen molar-refractivity contribution in [1.82, 2.24) is 20.1 Å². The summed E-state index contributed by atoms with van der Waals surface area (Å²) in [6, 6.07) is 3.44. The van der Waals surface area contributed by atoms with Gasteiger partial charge >= 0.3 is 0 Å². The Labute approximate surface area is 116 Å². The van der Waals surface area contributed by atoms with Crippen LogP contribution < -0.4 is 5.32 Å². The highest BCUT2D eigenvalue weighted by molar-refractivity contribution is 6.32. The average molecular weight is 285 g/mol. The van der Waals surface area contributed by atoms with Crippen LogP contribution >= 0.6 is 23.2 Å². The zero-order valence-electron chi connectivity index (χ0n) is 10.2. The number of nitrogens with one attached hydrogen (secondary N) is 1. The van der Waals surface area contributed by atoms with Gasteiger partial charge in [0, 0.05) is 12.7 Å². The van der Waals surface area contributed by atoms with Crippen molar-refractivity contribution in [1.29, 1.82) is 0 Å². The maximum atomic E-state index is 6.21. The Kier molecular flexibility index (Phi) is 4.22. The molecule has 1 atom stereocenters. The van der Waals surface area contributed by atoms with Gasteiger partial charge in [0.2, 0.25) is 0 Å². The summed E-state index contributed by atoms with van der Waals surface area (Å²) in [6.07, 6.45) is 3.35. The number of aryl methyl sites for hydroxylation is 1. The van der Waals surface area contributed by atoms with Crippen LogP contribution in [-0.2, 0) is 6.54 Å². The molecule has 96 valence electrons. The van der Waals surface area contributed by atoms with Crippen LogP contribution in [0.15, 0.2) is 24.5 Å². The van der Waals surface area contributed by atoms with E-state index in [-0.39, 0.29) is 6.04 Å². The lowest BCUT2D eigenvalue weighted by molar-refractivity contribution is 0.556. The van der Waals surface area contributed by atoms with E-state index in [1.165, 1.54) is 0 Å². The van der Waals surface area contributed by atoms with Gasteiger partial charge in [-0.15, -0.1) is 0 Å². The molecule has 0 spiro atoms. The molecule has 6 heteroatoms. The number of pyridine rings is 1. The summed E-state index contributed by atoms with van der Waals surface area (Å²) in [6.45, 7) is 2.75. The summed E-state index contributed by atoms with van der Waals surface area (Å²) in [4.78, 5) is 4.33. The summed E-state index contributed by atoms with van der Waals surface area (Å²) in [7, 11) is 1.85. The van der Waals surface area contributed by atoms with E-state index in [0.717, 1.165) is 17.9 Å². The fourth-order valence-electron chi connectivity index (χ4n) is 1.92. The van der Waals surface area contributed by atoms with Crippen LogP contribution in [0.25, 0.3) is 0 Å². The fraction of sp³-hybridized carbons (Fsp3) is 0.333. The second-order valence-corrected chi connectivity index (χ2v) is 4.60. The molecule has 0 fully saturated rings. The Morgan fingerprint density at radius 2 is 2.17 bits per heavy atom. The van der Waals surface area contributed by atoms with E-state index in [9.17, 15) is 0 Å². The van der Waals surface area contributed by atoms with Gasteiger partial charge in [-0.1, -0.05) is 23.2 Å². The number of aromatic nitrogens is 3. The van der Waals surface area contributed by atoms with Crippen molar-refractivity contribution < 1.29 is 0 Å². The van der Waals surface area contributed by atoms with Crippen molar-refractivity contribution in [2.24, 2.45) is 0 Å². The molecule has 0 aliphatic heterocycles. The third kappa shape index (κ3) is 2.36. The van der Waals surface area contributed by atoms with E-state index in [2.05, 4.69) is 15.4 Å². The second kappa shape index (κ2) is 5.69. The predicted molar refractivity (Wildman–Crippen MR) is 73.1 cm³/mol. The minimum Gasteiger partial charge on any atom is -0.307 e. The summed E-state index contributed by atoms with van der Waals surface area (Å²) in [5.74, 6) is 0. The third-order valence-electron chi connectivity index (χ3n) is 2.76. The van der Waals surface area contributed by atoms with Crippen molar-refractivity contribution in [3.8, 4) is 0 Å². The van der Waals surface area contributed by atoms with Crippen LogP contribution in [-0.4, -0.2) is 21.8 Å². The Morgan fingerprint density at radius 1 is 1.39 bits per heavy atom. The molecule has 0 saturated carbocycles. The summed E-state index contributed by atoms with van der Waals surface area (Å²) in [5, 5.41) is 8.63. The fourth-order valence-corrected chi connectivity index (χ4v) is 2.41. The van der Waals surface area contributed by atoms with Gasteiger partial charge in [0.15, 0.2) is 0 Å². The first-order chi connectivity index (χ1) is 8.69. The minimum atomic E-state index is -0.173. The monoisotopic (exact) mass is 284 g/mol. The lowest BCUT2D eigenvalue weighted by atomic mass is 10.1. The molecule has 2 rings (SSSR count). The molecule has 0 saturated heterocycles. The normalized spacial score (nSPS) is 12.7. The first kappa shape index (κ1) is 13.3. The minimum absolute atomic E-state index is 0.173. The molecule has 0 aliphatic carbocycles. The summed E-state index contributed by atoms with van der Waals surface area (Å²) in [5.41, 5.74) is 1.63. The van der Waals surface area contributed by atoms with Crippen LogP contribution in [0.3, 0.4) is 0 Å².